The molecule has 19 heavy (non-hydrogen) atoms. The van der Waals surface area contributed by atoms with Crippen LogP contribution in [0.1, 0.15) is 49.8 Å². The van der Waals surface area contributed by atoms with Crippen molar-refractivity contribution in [3.63, 3.8) is 0 Å². The Bertz CT molecular complexity index is 368. The highest BCUT2D eigenvalue weighted by Crippen LogP contribution is 2.32. The minimum absolute atomic E-state index is 0.122. The highest BCUT2D eigenvalue weighted by molar-refractivity contribution is 7.09. The van der Waals surface area contributed by atoms with E-state index in [4.69, 9.17) is 0 Å². The molecule has 2 aliphatic rings. The maximum Gasteiger partial charge on any atom is 0.0670 e. The molecule has 1 atom stereocenters. The summed E-state index contributed by atoms with van der Waals surface area (Å²) in [7, 11) is 0. The zero-order valence-corrected chi connectivity index (χ0v) is 12.4. The van der Waals surface area contributed by atoms with E-state index in [9.17, 15) is 5.11 Å². The average Bonchev–Trinajstić information content (AvgIpc) is 2.87. The lowest BCUT2D eigenvalue weighted by molar-refractivity contribution is 0.0845. The largest absolute Gasteiger partial charge is 0.392 e. The van der Waals surface area contributed by atoms with Crippen LogP contribution in [0.2, 0.25) is 0 Å². The molecule has 2 fully saturated rings. The molecule has 3 rings (SSSR count). The van der Waals surface area contributed by atoms with Gasteiger partial charge in [-0.25, -0.2) is 0 Å². The molecular weight excluding hydrogens is 254 g/mol. The molecule has 1 aromatic heterocycles. The molecule has 2 saturated carbocycles. The van der Waals surface area contributed by atoms with Crippen LogP contribution in [0.25, 0.3) is 0 Å². The van der Waals surface area contributed by atoms with E-state index >= 15 is 0 Å². The van der Waals surface area contributed by atoms with E-state index in [0.717, 1.165) is 31.5 Å². The van der Waals surface area contributed by atoms with Crippen molar-refractivity contribution in [2.24, 2.45) is 5.92 Å². The molecule has 0 radical (unpaired) electrons. The maximum absolute atomic E-state index is 10.3. The van der Waals surface area contributed by atoms with Crippen LogP contribution >= 0.6 is 11.3 Å². The molecule has 2 aliphatic carbocycles. The summed E-state index contributed by atoms with van der Waals surface area (Å²) >= 11 is 1.83. The molecule has 0 aromatic carbocycles. The number of nitrogens with zero attached hydrogens (tertiary/aromatic N) is 1. The molecule has 1 N–H and O–H groups in total. The first-order valence-corrected chi connectivity index (χ1v) is 8.63. The van der Waals surface area contributed by atoms with Crippen molar-refractivity contribution in [3.05, 3.63) is 22.4 Å². The van der Waals surface area contributed by atoms with Gasteiger partial charge in [-0.3, -0.25) is 4.90 Å². The molecule has 0 amide bonds. The van der Waals surface area contributed by atoms with Gasteiger partial charge in [0.05, 0.1) is 6.10 Å². The normalized spacial score (nSPS) is 22.2. The second kappa shape index (κ2) is 6.38. The molecule has 2 nitrogen and oxygen atoms in total. The minimum Gasteiger partial charge on any atom is -0.392 e. The lowest BCUT2D eigenvalue weighted by Crippen LogP contribution is -2.34. The van der Waals surface area contributed by atoms with Crippen molar-refractivity contribution in [2.45, 2.75) is 63.6 Å². The summed E-state index contributed by atoms with van der Waals surface area (Å²) in [6.45, 7) is 1.91. The zero-order valence-electron chi connectivity index (χ0n) is 11.6. The Hall–Kier alpha value is -0.380. The van der Waals surface area contributed by atoms with E-state index in [2.05, 4.69) is 22.4 Å². The molecule has 0 spiro atoms. The van der Waals surface area contributed by atoms with E-state index in [1.165, 1.54) is 43.4 Å². The fourth-order valence-electron chi connectivity index (χ4n) is 3.36. The molecule has 0 saturated heterocycles. The molecule has 106 valence electrons. The lowest BCUT2D eigenvalue weighted by atomic mass is 10.00. The number of aliphatic hydroxyl groups is 1. The fraction of sp³-hybridized carbons (Fsp3) is 0.750. The lowest BCUT2D eigenvalue weighted by Gasteiger charge is -2.25. The van der Waals surface area contributed by atoms with Crippen molar-refractivity contribution < 1.29 is 5.11 Å². The van der Waals surface area contributed by atoms with Gasteiger partial charge >= 0.3 is 0 Å². The van der Waals surface area contributed by atoms with Gasteiger partial charge in [0, 0.05) is 24.0 Å². The van der Waals surface area contributed by atoms with E-state index in [-0.39, 0.29) is 6.10 Å². The topological polar surface area (TPSA) is 23.5 Å². The number of hydrogen-bond acceptors (Lipinski definition) is 3. The van der Waals surface area contributed by atoms with E-state index in [1.54, 1.807) is 0 Å². The van der Waals surface area contributed by atoms with E-state index < -0.39 is 0 Å². The van der Waals surface area contributed by atoms with Crippen molar-refractivity contribution >= 4 is 11.3 Å². The van der Waals surface area contributed by atoms with Crippen molar-refractivity contribution in [3.8, 4) is 0 Å². The zero-order chi connectivity index (χ0) is 13.1. The van der Waals surface area contributed by atoms with Gasteiger partial charge in [0.15, 0.2) is 0 Å². The number of thiophene rings is 1. The van der Waals surface area contributed by atoms with Crippen LogP contribution in [-0.4, -0.2) is 28.7 Å². The Morgan fingerprint density at radius 3 is 2.68 bits per heavy atom. The molecule has 3 heteroatoms. The molecule has 0 aliphatic heterocycles. The van der Waals surface area contributed by atoms with E-state index in [1.807, 2.05) is 11.3 Å². The predicted molar refractivity (Wildman–Crippen MR) is 80.3 cm³/mol. The third-order valence-electron chi connectivity index (χ3n) is 4.53. The Labute approximate surface area is 120 Å². The molecule has 1 heterocycles. The standard InChI is InChI=1S/C16H25NOS/c18-15(10-13-4-1-2-5-13)11-17(14-7-8-14)12-16-6-3-9-19-16/h3,6,9,13-15,18H,1-2,4-5,7-8,10-12H2. The average molecular weight is 279 g/mol. The van der Waals surface area contributed by atoms with Gasteiger partial charge < -0.3 is 5.11 Å². The van der Waals surface area contributed by atoms with Crippen molar-refractivity contribution in [1.29, 1.82) is 0 Å². The summed E-state index contributed by atoms with van der Waals surface area (Å²) < 4.78 is 0. The van der Waals surface area contributed by atoms with Gasteiger partial charge in [-0.1, -0.05) is 31.7 Å². The van der Waals surface area contributed by atoms with Crippen LogP contribution in [-0.2, 0) is 6.54 Å². The van der Waals surface area contributed by atoms with Crippen LogP contribution in [0, 0.1) is 5.92 Å². The summed E-state index contributed by atoms with van der Waals surface area (Å²) in [5.74, 6) is 0.790. The Morgan fingerprint density at radius 1 is 1.26 bits per heavy atom. The fourth-order valence-corrected chi connectivity index (χ4v) is 4.09. The van der Waals surface area contributed by atoms with Crippen LogP contribution in [0.3, 0.4) is 0 Å². The molecule has 1 aromatic rings. The Morgan fingerprint density at radius 2 is 2.05 bits per heavy atom. The molecular formula is C16H25NOS. The minimum atomic E-state index is -0.122. The summed E-state index contributed by atoms with van der Waals surface area (Å²) in [5.41, 5.74) is 0. The van der Waals surface area contributed by atoms with Gasteiger partial charge in [-0.2, -0.15) is 0 Å². The summed E-state index contributed by atoms with van der Waals surface area (Å²) in [5, 5.41) is 12.5. The van der Waals surface area contributed by atoms with Gasteiger partial charge in [0.1, 0.15) is 0 Å². The smallest absolute Gasteiger partial charge is 0.0670 e. The van der Waals surface area contributed by atoms with Gasteiger partial charge in [0.25, 0.3) is 0 Å². The SMILES string of the molecule is OC(CC1CCCC1)CN(Cc1cccs1)C1CC1. The van der Waals surface area contributed by atoms with Gasteiger partial charge in [-0.15, -0.1) is 11.3 Å². The van der Waals surface area contributed by atoms with Crippen LogP contribution in [0.4, 0.5) is 0 Å². The van der Waals surface area contributed by atoms with Crippen molar-refractivity contribution in [2.75, 3.05) is 6.54 Å². The summed E-state index contributed by atoms with van der Waals surface area (Å²) in [6, 6.07) is 5.07. The quantitative estimate of drug-likeness (QED) is 0.823. The van der Waals surface area contributed by atoms with E-state index in [0.29, 0.717) is 0 Å². The molecule has 0 bridgehead atoms. The Balaban J connectivity index is 1.49. The van der Waals surface area contributed by atoms with Gasteiger partial charge in [0.2, 0.25) is 0 Å². The molecule has 1 unspecified atom stereocenters. The monoisotopic (exact) mass is 279 g/mol. The second-order valence-corrected chi connectivity index (χ2v) is 7.31. The highest BCUT2D eigenvalue weighted by Gasteiger charge is 2.31. The number of rotatable bonds is 7. The Kier molecular flexibility index (Phi) is 4.57. The third-order valence-corrected chi connectivity index (χ3v) is 5.39. The predicted octanol–water partition coefficient (Wildman–Crippen LogP) is 3.65. The summed E-state index contributed by atoms with van der Waals surface area (Å²) in [4.78, 5) is 3.94. The first-order valence-electron chi connectivity index (χ1n) is 7.76. The van der Waals surface area contributed by atoms with Crippen LogP contribution in [0.15, 0.2) is 17.5 Å². The number of aliphatic hydroxyl groups excluding tert-OH is 1. The second-order valence-electron chi connectivity index (χ2n) is 6.28. The van der Waals surface area contributed by atoms with Gasteiger partial charge in [-0.05, 0) is 36.6 Å². The van der Waals surface area contributed by atoms with Crippen LogP contribution < -0.4 is 0 Å². The third kappa shape index (κ3) is 4.04. The highest BCUT2D eigenvalue weighted by atomic mass is 32.1. The first kappa shape index (κ1) is 13.6. The van der Waals surface area contributed by atoms with Crippen molar-refractivity contribution in [1.82, 2.24) is 4.90 Å². The first-order chi connectivity index (χ1) is 9.31. The van der Waals surface area contributed by atoms with Crippen LogP contribution in [0.5, 0.6) is 0 Å². The summed E-state index contributed by atoms with van der Waals surface area (Å²) in [6.07, 6.45) is 8.97. The number of hydrogen-bond donors (Lipinski definition) is 1. The maximum atomic E-state index is 10.3.